The Morgan fingerprint density at radius 2 is 1.44 bits per heavy atom. The van der Waals surface area contributed by atoms with Gasteiger partial charge in [0.15, 0.2) is 16.3 Å². The van der Waals surface area contributed by atoms with Gasteiger partial charge in [0.2, 0.25) is 0 Å². The first-order valence-corrected chi connectivity index (χ1v) is 5.37. The van der Waals surface area contributed by atoms with Crippen molar-refractivity contribution in [1.82, 2.24) is 0 Å². The molecule has 0 aliphatic heterocycles. The molecule has 104 valence electrons. The van der Waals surface area contributed by atoms with Crippen molar-refractivity contribution in [3.05, 3.63) is 0 Å². The fourth-order valence-electron chi connectivity index (χ4n) is 0.804. The van der Waals surface area contributed by atoms with Crippen molar-refractivity contribution in [3.63, 3.8) is 0 Å². The quantitative estimate of drug-likeness (QED) is 0.377. The van der Waals surface area contributed by atoms with Crippen LogP contribution >= 0.6 is 0 Å². The van der Waals surface area contributed by atoms with Crippen molar-refractivity contribution in [3.8, 4) is 0 Å². The second-order valence-corrected chi connectivity index (χ2v) is 4.47. The van der Waals surface area contributed by atoms with Gasteiger partial charge >= 0.3 is 46.7 Å². The van der Waals surface area contributed by atoms with Crippen molar-refractivity contribution in [2.45, 2.75) is 36.6 Å². The standard InChI is InChI=1S/C6H7F7O3S.Na/c1-2-3(7)4(8,9)5(10,11)6(12,13)17(14,15)16;/h3H,2H2,1H3,(H,14,15,16);/q;+1/p-1. The Kier molecular flexibility index (Phi) is 6.70. The monoisotopic (exact) mass is 314 g/mol. The zero-order valence-corrected chi connectivity index (χ0v) is 11.9. The minimum atomic E-state index is -7.06. The normalized spacial score (nSPS) is 16.1. The summed E-state index contributed by atoms with van der Waals surface area (Å²) in [7, 11) is -7.06. The first-order chi connectivity index (χ1) is 7.23. The average molecular weight is 314 g/mol. The Morgan fingerprint density at radius 3 is 1.67 bits per heavy atom. The van der Waals surface area contributed by atoms with Crippen molar-refractivity contribution in [2.24, 2.45) is 0 Å². The van der Waals surface area contributed by atoms with Gasteiger partial charge in [-0.2, -0.15) is 26.3 Å². The van der Waals surface area contributed by atoms with E-state index in [9.17, 15) is 43.7 Å². The van der Waals surface area contributed by atoms with Gasteiger partial charge in [-0.1, -0.05) is 6.92 Å². The van der Waals surface area contributed by atoms with Crippen LogP contribution in [0.15, 0.2) is 0 Å². The van der Waals surface area contributed by atoms with Crippen LogP contribution in [0.4, 0.5) is 30.7 Å². The number of halogens is 7. The summed E-state index contributed by atoms with van der Waals surface area (Å²) >= 11 is 0. The maximum atomic E-state index is 12.6. The van der Waals surface area contributed by atoms with Gasteiger partial charge in [-0.3, -0.25) is 0 Å². The summed E-state index contributed by atoms with van der Waals surface area (Å²) in [6.07, 6.45) is -4.98. The largest absolute Gasteiger partial charge is 1.00 e. The zero-order chi connectivity index (χ0) is 14.3. The Labute approximate surface area is 120 Å². The molecule has 0 rings (SSSR count). The Bertz CT molecular complexity index is 383. The fraction of sp³-hybridized carbons (Fsp3) is 1.00. The molecule has 0 radical (unpaired) electrons. The maximum Gasteiger partial charge on any atom is 1.00 e. The van der Waals surface area contributed by atoms with Crippen molar-refractivity contribution in [2.75, 3.05) is 0 Å². The topological polar surface area (TPSA) is 57.2 Å². The van der Waals surface area contributed by atoms with Crippen LogP contribution in [0.25, 0.3) is 0 Å². The van der Waals surface area contributed by atoms with Gasteiger partial charge < -0.3 is 4.55 Å². The molecular formula is C6H6F7NaO3S. The van der Waals surface area contributed by atoms with Gasteiger partial charge in [0, 0.05) is 0 Å². The smallest absolute Gasteiger partial charge is 0.743 e. The van der Waals surface area contributed by atoms with E-state index in [1.165, 1.54) is 0 Å². The summed E-state index contributed by atoms with van der Waals surface area (Å²) in [5.74, 6) is -12.6. The van der Waals surface area contributed by atoms with Gasteiger partial charge in [-0.25, -0.2) is 12.8 Å². The minimum absolute atomic E-state index is 0. The van der Waals surface area contributed by atoms with E-state index in [-0.39, 0.29) is 29.6 Å². The van der Waals surface area contributed by atoms with Crippen LogP contribution in [0.3, 0.4) is 0 Å². The number of rotatable bonds is 5. The molecule has 0 aliphatic carbocycles. The van der Waals surface area contributed by atoms with Crippen LogP contribution in [0.2, 0.25) is 0 Å². The van der Waals surface area contributed by atoms with E-state index in [1.807, 2.05) is 0 Å². The van der Waals surface area contributed by atoms with Crippen LogP contribution in [-0.2, 0) is 10.1 Å². The van der Waals surface area contributed by atoms with Gasteiger partial charge in [0.05, 0.1) is 0 Å². The van der Waals surface area contributed by atoms with E-state index in [2.05, 4.69) is 0 Å². The molecule has 1 unspecified atom stereocenters. The summed E-state index contributed by atoms with van der Waals surface area (Å²) in [4.78, 5) is 0. The molecule has 0 aliphatic rings. The molecule has 18 heavy (non-hydrogen) atoms. The van der Waals surface area contributed by atoms with Gasteiger partial charge in [0.25, 0.3) is 0 Å². The molecule has 0 saturated heterocycles. The van der Waals surface area contributed by atoms with E-state index < -0.39 is 39.8 Å². The van der Waals surface area contributed by atoms with E-state index in [0.29, 0.717) is 6.92 Å². The van der Waals surface area contributed by atoms with Crippen molar-refractivity contribution in [1.29, 1.82) is 0 Å². The van der Waals surface area contributed by atoms with E-state index in [0.717, 1.165) is 0 Å². The predicted octanol–water partition coefficient (Wildman–Crippen LogP) is -0.853. The molecule has 3 nitrogen and oxygen atoms in total. The molecule has 0 fully saturated rings. The third-order valence-electron chi connectivity index (χ3n) is 1.85. The molecule has 0 heterocycles. The first kappa shape index (κ1) is 20.7. The van der Waals surface area contributed by atoms with Gasteiger partial charge in [0.1, 0.15) is 0 Å². The number of hydrogen-bond donors (Lipinski definition) is 0. The molecule has 0 N–H and O–H groups in total. The van der Waals surface area contributed by atoms with Crippen LogP contribution in [-0.4, -0.2) is 36.2 Å². The third kappa shape index (κ3) is 3.11. The number of alkyl halides is 7. The second-order valence-electron chi connectivity index (χ2n) is 3.04. The Hall–Kier alpha value is 0.420. The van der Waals surface area contributed by atoms with Crippen LogP contribution < -0.4 is 29.6 Å². The Balaban J connectivity index is 0. The van der Waals surface area contributed by atoms with E-state index in [4.69, 9.17) is 0 Å². The summed E-state index contributed by atoms with van der Waals surface area (Å²) < 4.78 is 117. The molecule has 0 aromatic carbocycles. The second kappa shape index (κ2) is 5.81. The molecular weight excluding hydrogens is 308 g/mol. The SMILES string of the molecule is CCC(F)C(F)(F)C(F)(F)C(F)(F)S(=O)(=O)[O-].[Na+]. The van der Waals surface area contributed by atoms with Gasteiger partial charge in [-0.05, 0) is 6.42 Å². The Morgan fingerprint density at radius 1 is 1.11 bits per heavy atom. The minimum Gasteiger partial charge on any atom is -0.743 e. The molecule has 0 spiro atoms. The molecule has 1 atom stereocenters. The summed E-state index contributed by atoms with van der Waals surface area (Å²) in [6.45, 7) is 0.651. The zero-order valence-electron chi connectivity index (χ0n) is 9.06. The van der Waals surface area contributed by atoms with Crippen LogP contribution in [0.1, 0.15) is 13.3 Å². The average Bonchev–Trinajstić information content (AvgIpc) is 2.13. The summed E-state index contributed by atoms with van der Waals surface area (Å²) in [6, 6.07) is 0. The molecule has 0 bridgehead atoms. The fourth-order valence-corrected chi connectivity index (χ4v) is 1.25. The predicted molar refractivity (Wildman–Crippen MR) is 39.7 cm³/mol. The van der Waals surface area contributed by atoms with Crippen LogP contribution in [0, 0.1) is 0 Å². The maximum absolute atomic E-state index is 12.6. The molecule has 0 amide bonds. The molecule has 0 saturated carbocycles. The van der Waals surface area contributed by atoms with Gasteiger partial charge in [-0.15, -0.1) is 0 Å². The van der Waals surface area contributed by atoms with E-state index >= 15 is 0 Å². The van der Waals surface area contributed by atoms with E-state index in [1.54, 1.807) is 0 Å². The third-order valence-corrected chi connectivity index (χ3v) is 2.73. The van der Waals surface area contributed by atoms with Crippen molar-refractivity contribution >= 4 is 10.1 Å². The van der Waals surface area contributed by atoms with Crippen LogP contribution in [0.5, 0.6) is 0 Å². The molecule has 0 aromatic heterocycles. The molecule has 12 heteroatoms. The summed E-state index contributed by atoms with van der Waals surface area (Å²) in [5, 5.41) is -6.61. The first-order valence-electron chi connectivity index (χ1n) is 3.96. The number of hydrogen-bond acceptors (Lipinski definition) is 3. The van der Waals surface area contributed by atoms with Crippen molar-refractivity contribution < 1.29 is 73.3 Å². The summed E-state index contributed by atoms with van der Waals surface area (Å²) in [5.41, 5.74) is 0. The molecule has 0 aromatic rings.